The summed E-state index contributed by atoms with van der Waals surface area (Å²) < 4.78 is 0. The minimum absolute atomic E-state index is 0.0268. The molecule has 1 fully saturated rings. The van der Waals surface area contributed by atoms with E-state index in [4.69, 9.17) is 9.97 Å². The Kier molecular flexibility index (Phi) is 7.08. The van der Waals surface area contributed by atoms with Crippen LogP contribution in [-0.2, 0) is 17.6 Å². The molecule has 0 bridgehead atoms. The van der Waals surface area contributed by atoms with Crippen molar-refractivity contribution in [3.8, 4) is 0 Å². The van der Waals surface area contributed by atoms with Crippen LogP contribution in [0.2, 0.25) is 0 Å². The van der Waals surface area contributed by atoms with E-state index in [1.54, 1.807) is 0 Å². The third kappa shape index (κ3) is 5.47. The molecule has 1 saturated carbocycles. The molecule has 2 N–H and O–H groups in total. The summed E-state index contributed by atoms with van der Waals surface area (Å²) in [5, 5.41) is 6.80. The number of amides is 1. The predicted molar refractivity (Wildman–Crippen MR) is 131 cm³/mol. The Bertz CT molecular complexity index is 962. The topological polar surface area (TPSA) is 70.2 Å². The molecule has 0 saturated heterocycles. The van der Waals surface area contributed by atoms with E-state index in [0.717, 1.165) is 61.4 Å². The monoisotopic (exact) mass is 433 g/mol. The van der Waals surface area contributed by atoms with Crippen molar-refractivity contribution < 1.29 is 4.79 Å². The number of hydrogen-bond acceptors (Lipinski definition) is 5. The van der Waals surface area contributed by atoms with Crippen LogP contribution < -0.4 is 15.5 Å². The molecule has 1 heterocycles. The summed E-state index contributed by atoms with van der Waals surface area (Å²) in [6, 6.07) is 10.5. The summed E-state index contributed by atoms with van der Waals surface area (Å²) in [6.07, 6.45) is 10.4. The lowest BCUT2D eigenvalue weighted by Crippen LogP contribution is -2.40. The van der Waals surface area contributed by atoms with Crippen LogP contribution in [0.3, 0.4) is 0 Å². The molecule has 2 aromatic rings. The molecule has 170 valence electrons. The van der Waals surface area contributed by atoms with Crippen molar-refractivity contribution in [1.29, 1.82) is 0 Å². The number of aromatic nitrogens is 2. The fourth-order valence-electron chi connectivity index (χ4n) is 4.74. The fraction of sp³-hybridized carbons (Fsp3) is 0.500. The maximum absolute atomic E-state index is 12.6. The zero-order valence-corrected chi connectivity index (χ0v) is 19.5. The molecule has 2 aliphatic carbocycles. The number of nitrogens with zero attached hydrogens (tertiary/aromatic N) is 3. The molecule has 0 unspecified atom stereocenters. The number of nitrogens with one attached hydrogen (secondary N) is 2. The Labute approximate surface area is 191 Å². The minimum Gasteiger partial charge on any atom is -0.362 e. The van der Waals surface area contributed by atoms with Gasteiger partial charge in [0.25, 0.3) is 0 Å². The Morgan fingerprint density at radius 3 is 2.41 bits per heavy atom. The lowest BCUT2D eigenvalue weighted by atomic mass is 9.91. The number of carbonyl (C=O) groups is 1. The molecule has 0 aliphatic heterocycles. The summed E-state index contributed by atoms with van der Waals surface area (Å²) in [6.45, 7) is 1.88. The van der Waals surface area contributed by atoms with Crippen LogP contribution in [0.1, 0.15) is 62.3 Å². The van der Waals surface area contributed by atoms with Gasteiger partial charge in [-0.1, -0.05) is 30.3 Å². The second-order valence-electron chi connectivity index (χ2n) is 9.30. The number of rotatable bonds is 6. The average molecular weight is 434 g/mol. The first-order chi connectivity index (χ1) is 15.5. The summed E-state index contributed by atoms with van der Waals surface area (Å²) in [5.41, 5.74) is 4.32. The van der Waals surface area contributed by atoms with Gasteiger partial charge in [0.15, 0.2) is 0 Å². The molecule has 0 atom stereocenters. The normalized spacial score (nSPS) is 20.9. The first-order valence-electron chi connectivity index (χ1n) is 11.9. The van der Waals surface area contributed by atoms with Crippen molar-refractivity contribution in [2.45, 2.75) is 70.4 Å². The zero-order chi connectivity index (χ0) is 22.5. The smallest absolute Gasteiger partial charge is 0.247 e. The molecule has 0 spiro atoms. The highest BCUT2D eigenvalue weighted by molar-refractivity contribution is 5.97. The van der Waals surface area contributed by atoms with Gasteiger partial charge in [0, 0.05) is 37.3 Å². The van der Waals surface area contributed by atoms with Gasteiger partial charge in [-0.25, -0.2) is 4.98 Å². The largest absolute Gasteiger partial charge is 0.362 e. The van der Waals surface area contributed by atoms with Crippen molar-refractivity contribution in [3.05, 3.63) is 52.7 Å². The molecule has 1 aromatic heterocycles. The van der Waals surface area contributed by atoms with Gasteiger partial charge in [-0.05, 0) is 69.9 Å². The van der Waals surface area contributed by atoms with E-state index in [0.29, 0.717) is 6.04 Å². The average Bonchev–Trinajstić information content (AvgIpc) is 2.80. The minimum atomic E-state index is 0.0268. The van der Waals surface area contributed by atoms with Crippen LogP contribution in [0.25, 0.3) is 6.08 Å². The highest BCUT2D eigenvalue weighted by atomic mass is 16.1. The molecular formula is C26H35N5O. The van der Waals surface area contributed by atoms with Crippen LogP contribution in [0.15, 0.2) is 35.9 Å². The van der Waals surface area contributed by atoms with Crippen molar-refractivity contribution >= 4 is 23.7 Å². The van der Waals surface area contributed by atoms with E-state index >= 15 is 0 Å². The van der Waals surface area contributed by atoms with Gasteiger partial charge < -0.3 is 15.5 Å². The number of benzene rings is 1. The van der Waals surface area contributed by atoms with E-state index in [2.05, 4.69) is 29.6 Å². The van der Waals surface area contributed by atoms with Crippen molar-refractivity contribution in [2.24, 2.45) is 0 Å². The number of carbonyl (C=O) groups excluding carboxylic acids is 1. The van der Waals surface area contributed by atoms with Gasteiger partial charge >= 0.3 is 0 Å². The van der Waals surface area contributed by atoms with Gasteiger partial charge in [-0.2, -0.15) is 4.98 Å². The standard InChI is InChI=1S/C26H35N5O/c1-18(17-19-9-5-4-6-10-19)25(32)27-20-13-15-21(16-14-20)28-26-29-23-12-8-7-11-22(23)24(30-26)31(2)3/h4-6,9-10,17,20-21H,7-8,11-16H2,1-3H3,(H,27,32)(H,28,29,30). The lowest BCUT2D eigenvalue weighted by Gasteiger charge is -2.30. The van der Waals surface area contributed by atoms with Crippen LogP contribution in [0.5, 0.6) is 0 Å². The van der Waals surface area contributed by atoms with Crippen LogP contribution >= 0.6 is 0 Å². The molecule has 32 heavy (non-hydrogen) atoms. The van der Waals surface area contributed by atoms with Crippen molar-refractivity contribution in [3.63, 3.8) is 0 Å². The fourth-order valence-corrected chi connectivity index (χ4v) is 4.74. The predicted octanol–water partition coefficient (Wildman–Crippen LogP) is 4.36. The maximum Gasteiger partial charge on any atom is 0.247 e. The van der Waals surface area contributed by atoms with Gasteiger partial charge in [0.1, 0.15) is 5.82 Å². The molecule has 1 amide bonds. The Hall–Kier alpha value is -2.89. The zero-order valence-electron chi connectivity index (χ0n) is 19.5. The molecule has 0 radical (unpaired) electrons. The number of fused-ring (bicyclic) bond motifs is 1. The quantitative estimate of drug-likeness (QED) is 0.662. The van der Waals surface area contributed by atoms with Gasteiger partial charge in [0.2, 0.25) is 11.9 Å². The molecule has 6 heteroatoms. The van der Waals surface area contributed by atoms with Gasteiger partial charge in [-0.3, -0.25) is 4.79 Å². The van der Waals surface area contributed by atoms with Gasteiger partial charge in [-0.15, -0.1) is 0 Å². The molecule has 2 aliphatic rings. The lowest BCUT2D eigenvalue weighted by molar-refractivity contribution is -0.118. The van der Waals surface area contributed by atoms with E-state index in [9.17, 15) is 4.79 Å². The number of anilines is 2. The third-order valence-corrected chi connectivity index (χ3v) is 6.52. The first-order valence-corrected chi connectivity index (χ1v) is 11.9. The third-order valence-electron chi connectivity index (χ3n) is 6.52. The maximum atomic E-state index is 12.6. The second-order valence-corrected chi connectivity index (χ2v) is 9.30. The summed E-state index contributed by atoms with van der Waals surface area (Å²) >= 11 is 0. The van der Waals surface area contributed by atoms with E-state index in [1.165, 1.54) is 24.1 Å². The number of aryl methyl sites for hydroxylation is 1. The number of hydrogen-bond donors (Lipinski definition) is 2. The molecule has 6 nitrogen and oxygen atoms in total. The summed E-state index contributed by atoms with van der Waals surface area (Å²) in [7, 11) is 4.12. The van der Waals surface area contributed by atoms with Crippen LogP contribution in [0.4, 0.5) is 11.8 Å². The van der Waals surface area contributed by atoms with Crippen LogP contribution in [-0.4, -0.2) is 42.1 Å². The van der Waals surface area contributed by atoms with E-state index in [-0.39, 0.29) is 11.9 Å². The molecule has 4 rings (SSSR count). The van der Waals surface area contributed by atoms with Crippen molar-refractivity contribution in [2.75, 3.05) is 24.3 Å². The second kappa shape index (κ2) is 10.2. The Morgan fingerprint density at radius 2 is 1.69 bits per heavy atom. The summed E-state index contributed by atoms with van der Waals surface area (Å²) in [5.74, 6) is 1.83. The Morgan fingerprint density at radius 1 is 1.00 bits per heavy atom. The highest BCUT2D eigenvalue weighted by Crippen LogP contribution is 2.29. The van der Waals surface area contributed by atoms with Crippen LogP contribution in [0, 0.1) is 0 Å². The molecule has 1 aromatic carbocycles. The SMILES string of the molecule is CC(=Cc1ccccc1)C(=O)NC1CCC(Nc2nc3c(c(N(C)C)n2)CCCC3)CC1. The molecular weight excluding hydrogens is 398 g/mol. The highest BCUT2D eigenvalue weighted by Gasteiger charge is 2.25. The Balaban J connectivity index is 1.32. The van der Waals surface area contributed by atoms with E-state index < -0.39 is 0 Å². The van der Waals surface area contributed by atoms with Crippen molar-refractivity contribution in [1.82, 2.24) is 15.3 Å². The first kappa shape index (κ1) is 22.3. The van der Waals surface area contributed by atoms with E-state index in [1.807, 2.05) is 43.3 Å². The van der Waals surface area contributed by atoms with Gasteiger partial charge in [0.05, 0.1) is 5.69 Å². The summed E-state index contributed by atoms with van der Waals surface area (Å²) in [4.78, 5) is 24.4.